The highest BCUT2D eigenvalue weighted by atomic mass is 35.5. The van der Waals surface area contributed by atoms with E-state index < -0.39 is 0 Å². The predicted molar refractivity (Wildman–Crippen MR) is 147 cm³/mol. The molecular weight excluding hydrogens is 478 g/mol. The molecule has 192 valence electrons. The van der Waals surface area contributed by atoms with E-state index in [1.54, 1.807) is 0 Å². The molecule has 0 bridgehead atoms. The zero-order chi connectivity index (χ0) is 25.0. The fraction of sp³-hybridized carbons (Fsp3) is 0.593. The summed E-state index contributed by atoms with van der Waals surface area (Å²) >= 11 is 7.66. The van der Waals surface area contributed by atoms with Crippen molar-refractivity contribution in [2.24, 2.45) is 5.92 Å². The maximum atomic E-state index is 12.5. The number of piperidine rings is 1. The summed E-state index contributed by atoms with van der Waals surface area (Å²) in [5.74, 6) is 1.85. The van der Waals surface area contributed by atoms with Gasteiger partial charge in [-0.2, -0.15) is 0 Å². The molecule has 1 unspecified atom stereocenters. The van der Waals surface area contributed by atoms with Gasteiger partial charge in [0.15, 0.2) is 5.16 Å². The lowest BCUT2D eigenvalue weighted by Crippen LogP contribution is -2.35. The van der Waals surface area contributed by atoms with E-state index in [0.29, 0.717) is 22.0 Å². The molecular formula is C27H40ClN5OS. The van der Waals surface area contributed by atoms with Crippen molar-refractivity contribution in [3.8, 4) is 0 Å². The number of benzene rings is 1. The van der Waals surface area contributed by atoms with Gasteiger partial charge in [0.05, 0.1) is 5.75 Å². The summed E-state index contributed by atoms with van der Waals surface area (Å²) in [6, 6.07) is 12.7. The van der Waals surface area contributed by atoms with Crippen LogP contribution in [-0.2, 0) is 11.2 Å². The average Bonchev–Trinajstić information content (AvgIpc) is 2.86. The van der Waals surface area contributed by atoms with Crippen LogP contribution in [0.15, 0.2) is 41.6 Å². The third kappa shape index (κ3) is 9.62. The molecule has 1 N–H and O–H groups in total. The summed E-state index contributed by atoms with van der Waals surface area (Å²) in [7, 11) is 0. The molecule has 6 nitrogen and oxygen atoms in total. The number of hydrogen-bond donors (Lipinski definition) is 1. The van der Waals surface area contributed by atoms with Crippen molar-refractivity contribution >= 4 is 35.1 Å². The number of carbonyl (C=O) groups is 1. The van der Waals surface area contributed by atoms with Crippen LogP contribution in [0, 0.1) is 5.92 Å². The smallest absolute Gasteiger partial charge is 0.230 e. The second-order valence-corrected chi connectivity index (χ2v) is 10.7. The highest BCUT2D eigenvalue weighted by Gasteiger charge is 2.21. The van der Waals surface area contributed by atoms with Gasteiger partial charge in [0.2, 0.25) is 5.91 Å². The third-order valence-electron chi connectivity index (χ3n) is 6.71. The molecule has 1 fully saturated rings. The third-order valence-corrected chi connectivity index (χ3v) is 7.75. The SMILES string of the molecule is CCN(CC)CCCC(C)NC(=O)CSc1nc(Cl)cc(N2CCC(Cc3ccccc3)CC2)n1. The Morgan fingerprint density at radius 3 is 2.60 bits per heavy atom. The van der Waals surface area contributed by atoms with Crippen molar-refractivity contribution in [2.45, 2.75) is 64.1 Å². The number of nitrogens with zero attached hydrogens (tertiary/aromatic N) is 4. The Morgan fingerprint density at radius 2 is 1.91 bits per heavy atom. The molecule has 1 aromatic carbocycles. The van der Waals surface area contributed by atoms with E-state index in [2.05, 4.69) is 71.2 Å². The van der Waals surface area contributed by atoms with Crippen molar-refractivity contribution in [1.82, 2.24) is 20.2 Å². The number of thioether (sulfide) groups is 1. The van der Waals surface area contributed by atoms with E-state index in [9.17, 15) is 4.79 Å². The molecule has 1 aromatic heterocycles. The van der Waals surface area contributed by atoms with Crippen LogP contribution in [0.25, 0.3) is 0 Å². The van der Waals surface area contributed by atoms with Crippen LogP contribution in [0.4, 0.5) is 5.82 Å². The lowest BCUT2D eigenvalue weighted by atomic mass is 9.90. The van der Waals surface area contributed by atoms with Crippen LogP contribution in [-0.4, -0.2) is 65.3 Å². The molecule has 3 rings (SSSR count). The monoisotopic (exact) mass is 517 g/mol. The van der Waals surface area contributed by atoms with Gasteiger partial charge in [0.1, 0.15) is 11.0 Å². The number of halogens is 1. The molecule has 2 heterocycles. The Labute approximate surface area is 220 Å². The molecule has 1 atom stereocenters. The van der Waals surface area contributed by atoms with Crippen molar-refractivity contribution in [3.63, 3.8) is 0 Å². The van der Waals surface area contributed by atoms with Crippen LogP contribution in [0.1, 0.15) is 52.0 Å². The molecule has 1 aliphatic heterocycles. The molecule has 0 radical (unpaired) electrons. The van der Waals surface area contributed by atoms with E-state index in [-0.39, 0.29) is 11.9 Å². The molecule has 35 heavy (non-hydrogen) atoms. The molecule has 1 amide bonds. The molecule has 0 aliphatic carbocycles. The first-order valence-electron chi connectivity index (χ1n) is 12.9. The normalized spacial score (nSPS) is 15.4. The minimum Gasteiger partial charge on any atom is -0.356 e. The fourth-order valence-electron chi connectivity index (χ4n) is 4.61. The van der Waals surface area contributed by atoms with Crippen LogP contribution in [0.2, 0.25) is 5.15 Å². The summed E-state index contributed by atoms with van der Waals surface area (Å²) in [6.07, 6.45) is 5.45. The number of rotatable bonds is 13. The summed E-state index contributed by atoms with van der Waals surface area (Å²) in [6.45, 7) is 11.6. The molecule has 8 heteroatoms. The maximum absolute atomic E-state index is 12.5. The second kappa shape index (κ2) is 14.7. The van der Waals surface area contributed by atoms with Gasteiger partial charge in [0.25, 0.3) is 0 Å². The van der Waals surface area contributed by atoms with Crippen LogP contribution >= 0.6 is 23.4 Å². The van der Waals surface area contributed by atoms with Gasteiger partial charge in [-0.25, -0.2) is 9.97 Å². The zero-order valence-corrected chi connectivity index (χ0v) is 23.0. The minimum atomic E-state index is 0.0113. The standard InChI is InChI=1S/C27H40ClN5OS/c1-4-32(5-2)15-9-10-21(3)29-26(34)20-35-27-30-24(28)19-25(31-27)33-16-13-23(14-17-33)18-22-11-7-6-8-12-22/h6-8,11-12,19,21,23H,4-5,9-10,13-18,20H2,1-3H3,(H,29,34). The zero-order valence-electron chi connectivity index (χ0n) is 21.4. The van der Waals surface area contributed by atoms with Gasteiger partial charge in [-0.1, -0.05) is 67.5 Å². The second-order valence-electron chi connectivity index (χ2n) is 9.38. The minimum absolute atomic E-state index is 0.0113. The number of carbonyl (C=O) groups excluding carboxylic acids is 1. The topological polar surface area (TPSA) is 61.4 Å². The molecule has 1 aliphatic rings. The largest absolute Gasteiger partial charge is 0.356 e. The molecule has 0 saturated carbocycles. The Balaban J connectivity index is 1.43. The van der Waals surface area contributed by atoms with Crippen LogP contribution in [0.5, 0.6) is 0 Å². The molecule has 0 spiro atoms. The van der Waals surface area contributed by atoms with Crippen molar-refractivity contribution in [2.75, 3.05) is 43.4 Å². The van der Waals surface area contributed by atoms with E-state index in [1.807, 2.05) is 6.07 Å². The van der Waals surface area contributed by atoms with Gasteiger partial charge < -0.3 is 15.1 Å². The number of nitrogens with one attached hydrogen (secondary N) is 1. The van der Waals surface area contributed by atoms with Crippen LogP contribution in [0.3, 0.4) is 0 Å². The van der Waals surface area contributed by atoms with E-state index >= 15 is 0 Å². The number of aromatic nitrogens is 2. The Bertz CT molecular complexity index is 904. The first-order valence-corrected chi connectivity index (χ1v) is 14.3. The molecule has 2 aromatic rings. The fourth-order valence-corrected chi connectivity index (χ4v) is 5.50. The highest BCUT2D eigenvalue weighted by molar-refractivity contribution is 7.99. The van der Waals surface area contributed by atoms with Gasteiger partial charge in [-0.15, -0.1) is 0 Å². The highest BCUT2D eigenvalue weighted by Crippen LogP contribution is 2.27. The van der Waals surface area contributed by atoms with Crippen molar-refractivity contribution < 1.29 is 4.79 Å². The first-order chi connectivity index (χ1) is 17.0. The Morgan fingerprint density at radius 1 is 1.20 bits per heavy atom. The number of anilines is 1. The van der Waals surface area contributed by atoms with E-state index in [1.165, 1.54) is 17.3 Å². The van der Waals surface area contributed by atoms with Crippen LogP contribution < -0.4 is 10.2 Å². The summed E-state index contributed by atoms with van der Waals surface area (Å²) in [5, 5.41) is 4.08. The summed E-state index contributed by atoms with van der Waals surface area (Å²) in [5.41, 5.74) is 1.41. The lowest BCUT2D eigenvalue weighted by Gasteiger charge is -2.33. The number of hydrogen-bond acceptors (Lipinski definition) is 6. The predicted octanol–water partition coefficient (Wildman–Crippen LogP) is 5.31. The first kappa shape index (κ1) is 27.8. The number of amides is 1. The quantitative estimate of drug-likeness (QED) is 0.221. The molecule has 1 saturated heterocycles. The van der Waals surface area contributed by atoms with Gasteiger partial charge in [-0.05, 0) is 70.1 Å². The van der Waals surface area contributed by atoms with Gasteiger partial charge in [-0.3, -0.25) is 4.79 Å². The van der Waals surface area contributed by atoms with Crippen molar-refractivity contribution in [1.29, 1.82) is 0 Å². The van der Waals surface area contributed by atoms with E-state index in [4.69, 9.17) is 16.6 Å². The summed E-state index contributed by atoms with van der Waals surface area (Å²) in [4.78, 5) is 26.2. The van der Waals surface area contributed by atoms with Gasteiger partial charge in [0, 0.05) is 25.2 Å². The summed E-state index contributed by atoms with van der Waals surface area (Å²) < 4.78 is 0. The Hall–Kier alpha value is -1.83. The van der Waals surface area contributed by atoms with Gasteiger partial charge >= 0.3 is 0 Å². The van der Waals surface area contributed by atoms with E-state index in [0.717, 1.165) is 70.6 Å². The average molecular weight is 518 g/mol. The van der Waals surface area contributed by atoms with Crippen molar-refractivity contribution in [3.05, 3.63) is 47.1 Å². The maximum Gasteiger partial charge on any atom is 0.230 e. The Kier molecular flexibility index (Phi) is 11.6. The lowest BCUT2D eigenvalue weighted by molar-refractivity contribution is -0.119.